The van der Waals surface area contributed by atoms with Gasteiger partial charge in [-0.25, -0.2) is 0 Å². The molecule has 1 heteroatoms. The van der Waals surface area contributed by atoms with E-state index in [2.05, 4.69) is 24.3 Å². The first-order valence-electron chi connectivity index (χ1n) is 4.75. The fraction of sp³-hybridized carbons (Fsp3) is 0.333. The molecule has 0 radical (unpaired) electrons. The van der Waals surface area contributed by atoms with Crippen LogP contribution < -0.4 is 0 Å². The molecule has 1 aromatic carbocycles. The number of allylic oxidation sites excluding steroid dienone is 1. The SMILES string of the molecule is C1=Cc2cc3c(cc2C1)CCC3.[LiH]. The van der Waals surface area contributed by atoms with Crippen molar-refractivity contribution in [2.75, 3.05) is 0 Å². The van der Waals surface area contributed by atoms with Crippen molar-refractivity contribution in [3.05, 3.63) is 40.5 Å². The molecule has 3 rings (SSSR count). The zero-order valence-electron chi connectivity index (χ0n) is 7.14. The van der Waals surface area contributed by atoms with E-state index in [1.54, 1.807) is 11.1 Å². The van der Waals surface area contributed by atoms with Crippen LogP contribution >= 0.6 is 0 Å². The van der Waals surface area contributed by atoms with Gasteiger partial charge in [-0.1, -0.05) is 24.3 Å². The number of aryl methyl sites for hydroxylation is 2. The Morgan fingerprint density at radius 2 is 1.69 bits per heavy atom. The van der Waals surface area contributed by atoms with Crippen molar-refractivity contribution in [3.8, 4) is 0 Å². The van der Waals surface area contributed by atoms with Crippen LogP contribution in [0.25, 0.3) is 6.08 Å². The van der Waals surface area contributed by atoms with Crippen molar-refractivity contribution in [1.29, 1.82) is 0 Å². The Bertz CT molecular complexity index is 363. The van der Waals surface area contributed by atoms with Gasteiger partial charge < -0.3 is 0 Å². The summed E-state index contributed by atoms with van der Waals surface area (Å²) in [6, 6.07) is 4.80. The molecule has 0 aromatic heterocycles. The zero-order valence-corrected chi connectivity index (χ0v) is 7.14. The minimum absolute atomic E-state index is 0. The van der Waals surface area contributed by atoms with Gasteiger partial charge in [-0.05, 0) is 47.9 Å². The van der Waals surface area contributed by atoms with E-state index in [0.717, 1.165) is 6.42 Å². The Hall–Kier alpha value is -0.443. The Balaban J connectivity index is 0.000000653. The summed E-state index contributed by atoms with van der Waals surface area (Å²) in [5, 5.41) is 0. The zero-order chi connectivity index (χ0) is 7.97. The number of hydrogen-bond acceptors (Lipinski definition) is 0. The molecule has 1 aromatic rings. The molecule has 62 valence electrons. The van der Waals surface area contributed by atoms with Gasteiger partial charge in [0.2, 0.25) is 0 Å². The molecule has 0 amide bonds. The molecule has 0 fully saturated rings. The van der Waals surface area contributed by atoms with Crippen LogP contribution in [-0.2, 0) is 19.3 Å². The van der Waals surface area contributed by atoms with Crippen molar-refractivity contribution >= 4 is 24.9 Å². The second kappa shape index (κ2) is 3.37. The van der Waals surface area contributed by atoms with E-state index in [4.69, 9.17) is 0 Å². The van der Waals surface area contributed by atoms with E-state index in [9.17, 15) is 0 Å². The number of hydrogen-bond donors (Lipinski definition) is 0. The standard InChI is InChI=1S/C12H12.Li.H/c1-3-9-7-11-5-2-6-12(11)8-10(9)4-1;;/h1,3,7-8H,2,4-6H2;;. The molecule has 2 aliphatic carbocycles. The van der Waals surface area contributed by atoms with Crippen LogP contribution in [0.3, 0.4) is 0 Å². The van der Waals surface area contributed by atoms with Gasteiger partial charge in [0.25, 0.3) is 0 Å². The summed E-state index contributed by atoms with van der Waals surface area (Å²) in [5.74, 6) is 0. The predicted octanol–water partition coefficient (Wildman–Crippen LogP) is 2.10. The Morgan fingerprint density at radius 1 is 0.923 bits per heavy atom. The molecule has 13 heavy (non-hydrogen) atoms. The molecular weight excluding hydrogens is 151 g/mol. The summed E-state index contributed by atoms with van der Waals surface area (Å²) in [4.78, 5) is 0. The van der Waals surface area contributed by atoms with Gasteiger partial charge in [0.1, 0.15) is 0 Å². The Labute approximate surface area is 91.2 Å². The van der Waals surface area contributed by atoms with Crippen molar-refractivity contribution in [2.24, 2.45) is 0 Å². The summed E-state index contributed by atoms with van der Waals surface area (Å²) < 4.78 is 0. The fourth-order valence-corrected chi connectivity index (χ4v) is 2.34. The van der Waals surface area contributed by atoms with E-state index in [1.807, 2.05) is 0 Å². The summed E-state index contributed by atoms with van der Waals surface area (Å²) >= 11 is 0. The van der Waals surface area contributed by atoms with E-state index in [-0.39, 0.29) is 18.9 Å². The van der Waals surface area contributed by atoms with Gasteiger partial charge in [0.05, 0.1) is 0 Å². The molecule has 0 atom stereocenters. The number of fused-ring (bicyclic) bond motifs is 2. The minimum atomic E-state index is 0. The summed E-state index contributed by atoms with van der Waals surface area (Å²) in [5.41, 5.74) is 6.21. The molecule has 0 nitrogen and oxygen atoms in total. The fourth-order valence-electron chi connectivity index (χ4n) is 2.34. The predicted molar refractivity (Wildman–Crippen MR) is 58.4 cm³/mol. The second-order valence-corrected chi connectivity index (χ2v) is 3.78. The topological polar surface area (TPSA) is 0 Å². The third-order valence-electron chi connectivity index (χ3n) is 2.99. The maximum atomic E-state index is 2.41. The average Bonchev–Trinajstić information content (AvgIpc) is 2.64. The first-order valence-corrected chi connectivity index (χ1v) is 4.75. The molecule has 0 spiro atoms. The van der Waals surface area contributed by atoms with Crippen molar-refractivity contribution in [3.63, 3.8) is 0 Å². The second-order valence-electron chi connectivity index (χ2n) is 3.78. The van der Waals surface area contributed by atoms with Crippen LogP contribution in [0.2, 0.25) is 0 Å². The maximum absolute atomic E-state index is 2.41. The van der Waals surface area contributed by atoms with Crippen LogP contribution in [0.15, 0.2) is 18.2 Å². The van der Waals surface area contributed by atoms with Crippen LogP contribution in [0.5, 0.6) is 0 Å². The molecule has 2 aliphatic rings. The first kappa shape index (κ1) is 9.13. The number of benzene rings is 1. The van der Waals surface area contributed by atoms with Crippen LogP contribution in [0.1, 0.15) is 28.7 Å². The first-order chi connectivity index (χ1) is 5.93. The molecule has 0 N–H and O–H groups in total. The normalized spacial score (nSPS) is 16.6. The molecule has 0 saturated carbocycles. The molecular formula is C12H13Li. The molecule has 0 unspecified atom stereocenters. The molecule has 0 saturated heterocycles. The van der Waals surface area contributed by atoms with E-state index < -0.39 is 0 Å². The van der Waals surface area contributed by atoms with Crippen molar-refractivity contribution < 1.29 is 0 Å². The van der Waals surface area contributed by atoms with E-state index in [1.165, 1.54) is 30.4 Å². The average molecular weight is 164 g/mol. The summed E-state index contributed by atoms with van der Waals surface area (Å²) in [7, 11) is 0. The number of rotatable bonds is 0. The van der Waals surface area contributed by atoms with Crippen molar-refractivity contribution in [2.45, 2.75) is 25.7 Å². The Kier molecular flexibility index (Phi) is 2.36. The summed E-state index contributed by atoms with van der Waals surface area (Å²) in [6.07, 6.45) is 9.65. The third-order valence-corrected chi connectivity index (χ3v) is 2.99. The Morgan fingerprint density at radius 3 is 2.54 bits per heavy atom. The monoisotopic (exact) mass is 164 g/mol. The van der Waals surface area contributed by atoms with E-state index >= 15 is 0 Å². The van der Waals surface area contributed by atoms with Gasteiger partial charge in [-0.3, -0.25) is 0 Å². The van der Waals surface area contributed by atoms with Gasteiger partial charge in [-0.15, -0.1) is 0 Å². The molecule has 0 aliphatic heterocycles. The van der Waals surface area contributed by atoms with Crippen molar-refractivity contribution in [1.82, 2.24) is 0 Å². The molecule has 0 heterocycles. The van der Waals surface area contributed by atoms with E-state index in [0.29, 0.717) is 0 Å². The molecule has 0 bridgehead atoms. The quantitative estimate of drug-likeness (QED) is 0.515. The van der Waals surface area contributed by atoms with Gasteiger partial charge >= 0.3 is 18.9 Å². The third kappa shape index (κ3) is 1.39. The van der Waals surface area contributed by atoms with Crippen LogP contribution in [0, 0.1) is 0 Å². The van der Waals surface area contributed by atoms with Gasteiger partial charge in [0.15, 0.2) is 0 Å². The summed E-state index contributed by atoms with van der Waals surface area (Å²) in [6.45, 7) is 0. The van der Waals surface area contributed by atoms with Gasteiger partial charge in [0, 0.05) is 0 Å². The van der Waals surface area contributed by atoms with Gasteiger partial charge in [-0.2, -0.15) is 0 Å². The van der Waals surface area contributed by atoms with Crippen LogP contribution in [-0.4, -0.2) is 18.9 Å². The van der Waals surface area contributed by atoms with Crippen LogP contribution in [0.4, 0.5) is 0 Å².